The van der Waals surface area contributed by atoms with E-state index in [1.54, 1.807) is 0 Å². The molecule has 120 valence electrons. The Morgan fingerprint density at radius 1 is 0.200 bits per heavy atom. The molecule has 13 heteroatoms. The first kappa shape index (κ1) is 1400. The monoisotopic (exact) mass is 418 g/mol. The minimum Gasteiger partial charge on any atom is -0.412 e. The van der Waals surface area contributed by atoms with Crippen molar-refractivity contribution in [3.8, 4) is 0 Å². The second kappa shape index (κ2) is 1150. The van der Waals surface area contributed by atoms with Crippen molar-refractivity contribution in [3.05, 3.63) is 0 Å². The van der Waals surface area contributed by atoms with Crippen LogP contribution in [0, 0.1) is 0 Å². The topological polar surface area (TPSA) is 284 Å². The molecule has 9 nitrogen and oxygen atoms in total. The average molecular weight is 418 g/mol. The zero-order valence-corrected chi connectivity index (χ0v) is 10.3. The Hall–Kier alpha value is 1.72. The second-order valence-corrected chi connectivity index (χ2v) is 0. The fourth-order valence-electron chi connectivity index (χ4n) is 0. The summed E-state index contributed by atoms with van der Waals surface area (Å²) in [6.45, 7) is 0. The second-order valence-electron chi connectivity index (χ2n) is 0. The van der Waals surface area contributed by atoms with Crippen molar-refractivity contribution in [2.24, 2.45) is 0 Å². The average Bonchev–Trinajstić information content (AvgIpc) is 0. The summed E-state index contributed by atoms with van der Waals surface area (Å²) in [5.74, 6) is 0. The van der Waals surface area contributed by atoms with E-state index >= 15 is 0 Å². The molecule has 0 rings (SSSR count). The Morgan fingerprint density at radius 2 is 0.200 bits per heavy atom. The van der Waals surface area contributed by atoms with Gasteiger partial charge >= 0.3 is 0 Å². The molecule has 0 aliphatic rings. The van der Waals surface area contributed by atoms with Gasteiger partial charge < -0.3 is 49.3 Å². The van der Waals surface area contributed by atoms with Gasteiger partial charge in [-0.15, -0.1) is 0 Å². The van der Waals surface area contributed by atoms with Crippen molar-refractivity contribution in [3.63, 3.8) is 0 Å². The van der Waals surface area contributed by atoms with E-state index in [4.69, 9.17) is 0 Å². The third-order valence-electron chi connectivity index (χ3n) is 0. The molecule has 0 saturated heterocycles. The van der Waals surface area contributed by atoms with Gasteiger partial charge in [-0.05, 0) is 0 Å². The van der Waals surface area contributed by atoms with Crippen LogP contribution in [0.1, 0.15) is 14.9 Å². The standard InChI is InChI=1S/2CH4.4Fe.9H2O/h2*1H4;;;;;9*1H2. The number of hydrogen-bond acceptors (Lipinski definition) is 0. The van der Waals surface area contributed by atoms with E-state index in [2.05, 4.69) is 0 Å². The predicted molar refractivity (Wildman–Crippen MR) is 46.0 cm³/mol. The first-order valence-electron chi connectivity index (χ1n) is 0. The normalized spacial score (nSPS) is 0. The number of rotatable bonds is 0. The quantitative estimate of drug-likeness (QED) is 0.332. The van der Waals surface area contributed by atoms with Gasteiger partial charge in [0.05, 0.1) is 0 Å². The Morgan fingerprint density at radius 3 is 0.200 bits per heavy atom. The molecular formula is C2H26Fe4O9. The van der Waals surface area contributed by atoms with Crippen molar-refractivity contribution >= 4 is 0 Å². The third-order valence-corrected chi connectivity index (χ3v) is 0. The van der Waals surface area contributed by atoms with Crippen molar-refractivity contribution in [2.75, 3.05) is 0 Å². The summed E-state index contributed by atoms with van der Waals surface area (Å²) >= 11 is 0. The molecule has 0 aliphatic heterocycles. The summed E-state index contributed by atoms with van der Waals surface area (Å²) in [6, 6.07) is 0. The maximum atomic E-state index is 0. The zero-order valence-electron chi connectivity index (χ0n) is 5.91. The molecule has 0 radical (unpaired) electrons. The largest absolute Gasteiger partial charge is 0.412 e. The summed E-state index contributed by atoms with van der Waals surface area (Å²) in [7, 11) is 0. The molecule has 0 aromatic heterocycles. The Balaban J connectivity index is 0. The SMILES string of the molecule is C.C.O.O.O.O.O.O.O.O.O.[Fe].[Fe].[Fe].[Fe]. The molecule has 15 heavy (non-hydrogen) atoms. The van der Waals surface area contributed by atoms with Gasteiger partial charge in [0.25, 0.3) is 0 Å². The summed E-state index contributed by atoms with van der Waals surface area (Å²) < 4.78 is 0. The maximum Gasteiger partial charge on any atom is 0 e. The van der Waals surface area contributed by atoms with Crippen LogP contribution in [0.5, 0.6) is 0 Å². The van der Waals surface area contributed by atoms with Crippen LogP contribution in [0.3, 0.4) is 0 Å². The summed E-state index contributed by atoms with van der Waals surface area (Å²) in [5.41, 5.74) is 0. The number of hydrogen-bond donors (Lipinski definition) is 0. The molecule has 0 saturated carbocycles. The van der Waals surface area contributed by atoms with Crippen LogP contribution in [0.4, 0.5) is 0 Å². The van der Waals surface area contributed by atoms with Crippen molar-refractivity contribution < 1.29 is 118 Å². The van der Waals surface area contributed by atoms with Crippen LogP contribution in [0.25, 0.3) is 0 Å². The van der Waals surface area contributed by atoms with Gasteiger partial charge in [0.15, 0.2) is 0 Å². The molecule has 0 amide bonds. The molecule has 18 N–H and O–H groups in total. The van der Waals surface area contributed by atoms with E-state index in [0.29, 0.717) is 0 Å². The summed E-state index contributed by atoms with van der Waals surface area (Å²) in [4.78, 5) is 0. The minimum absolute atomic E-state index is 0. The molecule has 0 bridgehead atoms. The maximum absolute atomic E-state index is 0. The van der Waals surface area contributed by atoms with E-state index in [1.807, 2.05) is 0 Å². The van der Waals surface area contributed by atoms with Gasteiger partial charge in [-0.25, -0.2) is 0 Å². The predicted octanol–water partition coefficient (Wildman–Crippen LogP) is -6.16. The minimum atomic E-state index is 0. The fourth-order valence-corrected chi connectivity index (χ4v) is 0. The van der Waals surface area contributed by atoms with Crippen molar-refractivity contribution in [2.45, 2.75) is 14.9 Å². The molecule has 0 spiro atoms. The van der Waals surface area contributed by atoms with Gasteiger partial charge in [0.1, 0.15) is 0 Å². The van der Waals surface area contributed by atoms with Crippen LogP contribution < -0.4 is 0 Å². The van der Waals surface area contributed by atoms with Gasteiger partial charge in [-0.1, -0.05) is 14.9 Å². The molecule has 0 aromatic carbocycles. The Bertz CT molecular complexity index is 20.1. The van der Waals surface area contributed by atoms with E-state index in [-0.39, 0.29) is 132 Å². The summed E-state index contributed by atoms with van der Waals surface area (Å²) in [5, 5.41) is 0. The van der Waals surface area contributed by atoms with Crippen LogP contribution in [0.2, 0.25) is 0 Å². The smallest absolute Gasteiger partial charge is 0 e. The van der Waals surface area contributed by atoms with Gasteiger partial charge in [0.2, 0.25) is 0 Å². The van der Waals surface area contributed by atoms with Crippen LogP contribution >= 0.6 is 0 Å². The van der Waals surface area contributed by atoms with E-state index in [9.17, 15) is 0 Å². The Kier molecular flexibility index (Phi) is 108000. The molecule has 0 aliphatic carbocycles. The first-order valence-corrected chi connectivity index (χ1v) is 0. The van der Waals surface area contributed by atoms with Gasteiger partial charge in [0, 0.05) is 68.3 Å². The zero-order chi connectivity index (χ0) is 0. The molecular weight excluding hydrogens is 391 g/mol. The van der Waals surface area contributed by atoms with E-state index in [1.165, 1.54) is 0 Å². The third kappa shape index (κ3) is 1000. The van der Waals surface area contributed by atoms with Gasteiger partial charge in [-0.2, -0.15) is 0 Å². The Labute approximate surface area is 132 Å². The van der Waals surface area contributed by atoms with Gasteiger partial charge in [-0.3, -0.25) is 0 Å². The van der Waals surface area contributed by atoms with Crippen molar-refractivity contribution in [1.82, 2.24) is 0 Å². The summed E-state index contributed by atoms with van der Waals surface area (Å²) in [6.07, 6.45) is 0. The van der Waals surface area contributed by atoms with Crippen LogP contribution in [0.15, 0.2) is 0 Å². The molecule has 0 unspecified atom stereocenters. The molecule has 0 aromatic rings. The van der Waals surface area contributed by atoms with Crippen LogP contribution in [-0.2, 0) is 68.3 Å². The fraction of sp³-hybridized carbons (Fsp3) is 1.00. The van der Waals surface area contributed by atoms with E-state index in [0.717, 1.165) is 0 Å². The molecule has 0 fully saturated rings. The van der Waals surface area contributed by atoms with Crippen molar-refractivity contribution in [1.29, 1.82) is 0 Å². The molecule has 0 heterocycles. The first-order chi connectivity index (χ1) is 0. The molecule has 0 atom stereocenters. The van der Waals surface area contributed by atoms with Crippen LogP contribution in [-0.4, -0.2) is 49.3 Å². The van der Waals surface area contributed by atoms with E-state index < -0.39 is 0 Å².